The van der Waals surface area contributed by atoms with Crippen molar-refractivity contribution in [1.29, 1.82) is 0 Å². The van der Waals surface area contributed by atoms with E-state index >= 15 is 0 Å². The van der Waals surface area contributed by atoms with E-state index in [1.807, 2.05) is 0 Å². The summed E-state index contributed by atoms with van der Waals surface area (Å²) in [4.78, 5) is 2.56. The van der Waals surface area contributed by atoms with Crippen molar-refractivity contribution in [3.05, 3.63) is 35.4 Å². The van der Waals surface area contributed by atoms with Gasteiger partial charge in [-0.15, -0.1) is 0 Å². The predicted molar refractivity (Wildman–Crippen MR) is 83.7 cm³/mol. The van der Waals surface area contributed by atoms with Crippen molar-refractivity contribution in [2.45, 2.75) is 45.4 Å². The predicted octanol–water partition coefficient (Wildman–Crippen LogP) is 2.80. The summed E-state index contributed by atoms with van der Waals surface area (Å²) in [6.45, 7) is 7.60. The van der Waals surface area contributed by atoms with E-state index in [-0.39, 0.29) is 0 Å². The van der Waals surface area contributed by atoms with Crippen LogP contribution in [0.5, 0.6) is 0 Å². The molecular formula is C17H28N2O. The lowest BCUT2D eigenvalue weighted by Gasteiger charge is -2.18. The van der Waals surface area contributed by atoms with Crippen LogP contribution >= 0.6 is 0 Å². The Kier molecular flexibility index (Phi) is 6.51. The fourth-order valence-electron chi connectivity index (χ4n) is 2.93. The second kappa shape index (κ2) is 8.40. The molecule has 3 nitrogen and oxygen atoms in total. The largest absolute Gasteiger partial charge is 0.380 e. The van der Waals surface area contributed by atoms with Crippen LogP contribution in [0, 0.1) is 0 Å². The van der Waals surface area contributed by atoms with Crippen LogP contribution in [0.25, 0.3) is 0 Å². The van der Waals surface area contributed by atoms with Gasteiger partial charge in [-0.25, -0.2) is 0 Å². The summed E-state index contributed by atoms with van der Waals surface area (Å²) < 4.78 is 5.19. The van der Waals surface area contributed by atoms with Gasteiger partial charge in [-0.1, -0.05) is 31.2 Å². The van der Waals surface area contributed by atoms with Crippen LogP contribution in [-0.2, 0) is 17.9 Å². The highest BCUT2D eigenvalue weighted by atomic mass is 16.5. The summed E-state index contributed by atoms with van der Waals surface area (Å²) in [6.07, 6.45) is 3.88. The molecule has 3 heteroatoms. The minimum absolute atomic E-state index is 0.664. The van der Waals surface area contributed by atoms with Gasteiger partial charge in [0.25, 0.3) is 0 Å². The van der Waals surface area contributed by atoms with Gasteiger partial charge in [0.15, 0.2) is 0 Å². The van der Waals surface area contributed by atoms with Crippen LogP contribution in [-0.4, -0.2) is 37.7 Å². The highest BCUT2D eigenvalue weighted by Gasteiger charge is 2.15. The summed E-state index contributed by atoms with van der Waals surface area (Å²) in [5.41, 5.74) is 2.61. The highest BCUT2D eigenvalue weighted by molar-refractivity contribution is 5.22. The second-order valence-corrected chi connectivity index (χ2v) is 5.70. The zero-order valence-electron chi connectivity index (χ0n) is 12.9. The van der Waals surface area contributed by atoms with Crippen LogP contribution in [0.2, 0.25) is 0 Å². The van der Waals surface area contributed by atoms with Gasteiger partial charge >= 0.3 is 0 Å². The molecule has 0 aromatic heterocycles. The van der Waals surface area contributed by atoms with Crippen molar-refractivity contribution in [3.8, 4) is 0 Å². The van der Waals surface area contributed by atoms with Crippen LogP contribution in [0.1, 0.15) is 37.3 Å². The maximum absolute atomic E-state index is 5.19. The SMILES string of the molecule is CCN1CCCC(NCc2cccc(COC)c2)CC1. The van der Waals surface area contributed by atoms with E-state index in [0.717, 1.165) is 6.54 Å². The van der Waals surface area contributed by atoms with E-state index in [1.165, 1.54) is 50.0 Å². The molecule has 0 aliphatic carbocycles. The molecule has 1 unspecified atom stereocenters. The average molecular weight is 276 g/mol. The maximum Gasteiger partial charge on any atom is 0.0713 e. The Morgan fingerprint density at radius 3 is 2.90 bits per heavy atom. The molecule has 1 aromatic rings. The van der Waals surface area contributed by atoms with Crippen molar-refractivity contribution in [1.82, 2.24) is 10.2 Å². The van der Waals surface area contributed by atoms with Crippen molar-refractivity contribution in [2.75, 3.05) is 26.7 Å². The van der Waals surface area contributed by atoms with Gasteiger partial charge in [-0.05, 0) is 50.0 Å². The number of hydrogen-bond acceptors (Lipinski definition) is 3. The van der Waals surface area contributed by atoms with Crippen molar-refractivity contribution in [3.63, 3.8) is 0 Å². The Bertz CT molecular complexity index is 394. The number of methoxy groups -OCH3 is 1. The number of hydrogen-bond donors (Lipinski definition) is 1. The molecule has 1 atom stereocenters. The van der Waals surface area contributed by atoms with Gasteiger partial charge in [0, 0.05) is 19.7 Å². The number of likely N-dealkylation sites (tertiary alicyclic amines) is 1. The fraction of sp³-hybridized carbons (Fsp3) is 0.647. The fourth-order valence-corrected chi connectivity index (χ4v) is 2.93. The quantitative estimate of drug-likeness (QED) is 0.864. The monoisotopic (exact) mass is 276 g/mol. The summed E-state index contributed by atoms with van der Waals surface area (Å²) in [5, 5.41) is 3.72. The Hall–Kier alpha value is -0.900. The number of nitrogens with zero attached hydrogens (tertiary/aromatic N) is 1. The summed E-state index contributed by atoms with van der Waals surface area (Å²) in [7, 11) is 1.75. The molecule has 0 radical (unpaired) electrons. The summed E-state index contributed by atoms with van der Waals surface area (Å²) in [5.74, 6) is 0. The third-order valence-electron chi connectivity index (χ3n) is 4.17. The van der Waals surface area contributed by atoms with Gasteiger partial charge in [-0.3, -0.25) is 0 Å². The molecule has 0 amide bonds. The highest BCUT2D eigenvalue weighted by Crippen LogP contribution is 2.12. The number of benzene rings is 1. The number of nitrogens with one attached hydrogen (secondary N) is 1. The average Bonchev–Trinajstić information content (AvgIpc) is 2.71. The number of rotatable bonds is 6. The first kappa shape index (κ1) is 15.5. The maximum atomic E-state index is 5.19. The zero-order chi connectivity index (χ0) is 14.2. The van der Waals surface area contributed by atoms with E-state index in [0.29, 0.717) is 12.6 Å². The van der Waals surface area contributed by atoms with Gasteiger partial charge in [-0.2, -0.15) is 0 Å². The Morgan fingerprint density at radius 1 is 1.25 bits per heavy atom. The molecular weight excluding hydrogens is 248 g/mol. The minimum Gasteiger partial charge on any atom is -0.380 e. The van der Waals surface area contributed by atoms with E-state index in [4.69, 9.17) is 4.74 Å². The molecule has 0 bridgehead atoms. The standard InChI is InChI=1S/C17H28N2O/c1-3-19-10-5-8-17(9-11-19)18-13-15-6-4-7-16(12-15)14-20-2/h4,6-7,12,17-18H,3,5,8-11,13-14H2,1-2H3. The molecule has 1 saturated heterocycles. The van der Waals surface area contributed by atoms with Gasteiger partial charge < -0.3 is 15.0 Å². The van der Waals surface area contributed by atoms with Crippen molar-refractivity contribution >= 4 is 0 Å². The lowest BCUT2D eigenvalue weighted by molar-refractivity contribution is 0.185. The van der Waals surface area contributed by atoms with E-state index in [2.05, 4.69) is 41.4 Å². The molecule has 0 saturated carbocycles. The van der Waals surface area contributed by atoms with Crippen LogP contribution in [0.3, 0.4) is 0 Å². The first-order valence-electron chi connectivity index (χ1n) is 7.84. The molecule has 112 valence electrons. The molecule has 1 aromatic carbocycles. The first-order chi connectivity index (χ1) is 9.81. The molecule has 20 heavy (non-hydrogen) atoms. The van der Waals surface area contributed by atoms with Crippen molar-refractivity contribution < 1.29 is 4.74 Å². The third kappa shape index (κ3) is 4.89. The van der Waals surface area contributed by atoms with Crippen LogP contribution < -0.4 is 5.32 Å². The van der Waals surface area contributed by atoms with Crippen LogP contribution in [0.15, 0.2) is 24.3 Å². The Morgan fingerprint density at radius 2 is 2.10 bits per heavy atom. The third-order valence-corrected chi connectivity index (χ3v) is 4.17. The van der Waals surface area contributed by atoms with Gasteiger partial charge in [0.1, 0.15) is 0 Å². The van der Waals surface area contributed by atoms with Gasteiger partial charge in [0.2, 0.25) is 0 Å². The summed E-state index contributed by atoms with van der Waals surface area (Å²) in [6, 6.07) is 9.35. The lowest BCUT2D eigenvalue weighted by Crippen LogP contribution is -2.30. The zero-order valence-corrected chi connectivity index (χ0v) is 12.9. The molecule has 1 N–H and O–H groups in total. The molecule has 1 aliphatic rings. The number of ether oxygens (including phenoxy) is 1. The first-order valence-corrected chi connectivity index (χ1v) is 7.84. The lowest BCUT2D eigenvalue weighted by atomic mass is 10.1. The molecule has 0 spiro atoms. The molecule has 1 aliphatic heterocycles. The van der Waals surface area contributed by atoms with Gasteiger partial charge in [0.05, 0.1) is 6.61 Å². The summed E-state index contributed by atoms with van der Waals surface area (Å²) >= 11 is 0. The van der Waals surface area contributed by atoms with E-state index < -0.39 is 0 Å². The van der Waals surface area contributed by atoms with Crippen molar-refractivity contribution in [2.24, 2.45) is 0 Å². The topological polar surface area (TPSA) is 24.5 Å². The minimum atomic E-state index is 0.664. The van der Waals surface area contributed by atoms with Crippen LogP contribution in [0.4, 0.5) is 0 Å². The smallest absolute Gasteiger partial charge is 0.0713 e. The van der Waals surface area contributed by atoms with E-state index in [9.17, 15) is 0 Å². The van der Waals surface area contributed by atoms with E-state index in [1.54, 1.807) is 7.11 Å². The molecule has 1 fully saturated rings. The Balaban J connectivity index is 1.81. The normalized spacial score (nSPS) is 20.8. The molecule has 1 heterocycles. The Labute approximate surface area is 123 Å². The molecule has 2 rings (SSSR count). The second-order valence-electron chi connectivity index (χ2n) is 5.70.